The van der Waals surface area contributed by atoms with Gasteiger partial charge in [0.25, 0.3) is 0 Å². The average molecular weight is 283 g/mol. The van der Waals surface area contributed by atoms with Crippen LogP contribution in [0.4, 0.5) is 5.69 Å². The summed E-state index contributed by atoms with van der Waals surface area (Å²) in [7, 11) is -3.40. The summed E-state index contributed by atoms with van der Waals surface area (Å²) in [4.78, 5) is 24.1. The van der Waals surface area contributed by atoms with Gasteiger partial charge in [-0.25, -0.2) is 13.2 Å². The molecule has 0 fully saturated rings. The first kappa shape index (κ1) is 13.5. The van der Waals surface area contributed by atoms with E-state index in [1.165, 1.54) is 17.0 Å². The van der Waals surface area contributed by atoms with Gasteiger partial charge in [-0.1, -0.05) is 6.07 Å². The van der Waals surface area contributed by atoms with Gasteiger partial charge in [0.15, 0.2) is 9.84 Å². The number of hydrogen-bond donors (Lipinski definition) is 1. The molecule has 1 N–H and O–H groups in total. The Bertz CT molecular complexity index is 650. The number of aromatic carboxylic acids is 1. The predicted octanol–water partition coefficient (Wildman–Crippen LogP) is 0.318. The van der Waals surface area contributed by atoms with Crippen molar-refractivity contribution < 1.29 is 23.1 Å². The Hall–Kier alpha value is -1.89. The van der Waals surface area contributed by atoms with E-state index < -0.39 is 27.5 Å². The van der Waals surface area contributed by atoms with Crippen molar-refractivity contribution in [1.29, 1.82) is 0 Å². The lowest BCUT2D eigenvalue weighted by Gasteiger charge is -2.17. The van der Waals surface area contributed by atoms with Gasteiger partial charge in [-0.05, 0) is 24.1 Å². The zero-order valence-corrected chi connectivity index (χ0v) is 11.1. The molecule has 0 radical (unpaired) electrons. The van der Waals surface area contributed by atoms with Crippen LogP contribution >= 0.6 is 0 Å². The van der Waals surface area contributed by atoms with Crippen LogP contribution in [-0.4, -0.2) is 44.0 Å². The van der Waals surface area contributed by atoms with E-state index in [2.05, 4.69) is 0 Å². The number of nitrogens with zero attached hydrogens (tertiary/aromatic N) is 1. The van der Waals surface area contributed by atoms with E-state index >= 15 is 0 Å². The largest absolute Gasteiger partial charge is 0.478 e. The molecule has 1 amide bonds. The van der Waals surface area contributed by atoms with E-state index in [-0.39, 0.29) is 5.56 Å². The summed E-state index contributed by atoms with van der Waals surface area (Å²) in [5, 5.41) is 8.93. The number of amides is 1. The van der Waals surface area contributed by atoms with E-state index in [9.17, 15) is 18.0 Å². The zero-order valence-electron chi connectivity index (χ0n) is 10.3. The maximum atomic E-state index is 11.9. The van der Waals surface area contributed by atoms with Gasteiger partial charge in [-0.15, -0.1) is 0 Å². The molecule has 1 aliphatic rings. The highest BCUT2D eigenvalue weighted by Gasteiger charge is 2.27. The number of hydrogen-bond acceptors (Lipinski definition) is 4. The number of benzene rings is 1. The number of fused-ring (bicyclic) bond motifs is 1. The van der Waals surface area contributed by atoms with Crippen molar-refractivity contribution in [2.45, 2.75) is 6.42 Å². The summed E-state index contributed by atoms with van der Waals surface area (Å²) in [6, 6.07) is 4.54. The van der Waals surface area contributed by atoms with Crippen LogP contribution in [0, 0.1) is 0 Å². The number of anilines is 1. The minimum Gasteiger partial charge on any atom is -0.478 e. The van der Waals surface area contributed by atoms with E-state index in [1.54, 1.807) is 6.07 Å². The van der Waals surface area contributed by atoms with E-state index in [0.717, 1.165) is 11.8 Å². The molecule has 0 spiro atoms. The van der Waals surface area contributed by atoms with Crippen molar-refractivity contribution in [2.24, 2.45) is 0 Å². The third-order valence-electron chi connectivity index (χ3n) is 2.91. The van der Waals surface area contributed by atoms with Gasteiger partial charge in [0.05, 0.1) is 5.56 Å². The highest BCUT2D eigenvalue weighted by molar-refractivity contribution is 7.91. The summed E-state index contributed by atoms with van der Waals surface area (Å²) >= 11 is 0. The standard InChI is InChI=1S/C12H13NO5S/c1-19(17,18)7-11(14)13-5-4-8-2-3-9(12(15)16)6-10(8)13/h2-3,6H,4-5,7H2,1H3,(H,15,16). The molecule has 0 aromatic heterocycles. The minimum absolute atomic E-state index is 0.0813. The van der Waals surface area contributed by atoms with E-state index in [1.807, 2.05) is 0 Å². The fourth-order valence-corrected chi connectivity index (χ4v) is 2.68. The van der Waals surface area contributed by atoms with Crippen LogP contribution in [0.5, 0.6) is 0 Å². The Balaban J connectivity index is 2.33. The fourth-order valence-electron chi connectivity index (χ4n) is 2.07. The maximum Gasteiger partial charge on any atom is 0.335 e. The van der Waals surface area contributed by atoms with Crippen LogP contribution in [-0.2, 0) is 21.1 Å². The monoisotopic (exact) mass is 283 g/mol. The number of carboxylic acid groups (broad SMARTS) is 1. The SMILES string of the molecule is CS(=O)(=O)CC(=O)N1CCc2ccc(C(=O)O)cc21. The Morgan fingerprint density at radius 3 is 2.63 bits per heavy atom. The normalized spacial score (nSPS) is 14.3. The van der Waals surface area contributed by atoms with Crippen molar-refractivity contribution in [3.05, 3.63) is 29.3 Å². The molecule has 19 heavy (non-hydrogen) atoms. The predicted molar refractivity (Wildman–Crippen MR) is 69.2 cm³/mol. The molecular formula is C12H13NO5S. The van der Waals surface area contributed by atoms with Crippen molar-refractivity contribution >= 4 is 27.4 Å². The summed E-state index contributed by atoms with van der Waals surface area (Å²) in [5.41, 5.74) is 1.43. The summed E-state index contributed by atoms with van der Waals surface area (Å²) in [5.74, 6) is -2.17. The van der Waals surface area contributed by atoms with Crippen LogP contribution in [0.1, 0.15) is 15.9 Å². The summed E-state index contributed by atoms with van der Waals surface area (Å²) < 4.78 is 22.3. The quantitative estimate of drug-likeness (QED) is 0.862. The van der Waals surface area contributed by atoms with Gasteiger partial charge in [-0.3, -0.25) is 4.79 Å². The number of sulfone groups is 1. The van der Waals surface area contributed by atoms with E-state index in [4.69, 9.17) is 5.11 Å². The van der Waals surface area contributed by atoms with Gasteiger partial charge in [-0.2, -0.15) is 0 Å². The number of carbonyl (C=O) groups is 2. The third-order valence-corrected chi connectivity index (χ3v) is 3.69. The molecule has 6 nitrogen and oxygen atoms in total. The lowest BCUT2D eigenvalue weighted by atomic mass is 10.1. The number of rotatable bonds is 3. The molecule has 1 aromatic carbocycles. The number of carboxylic acids is 1. The lowest BCUT2D eigenvalue weighted by Crippen LogP contribution is -2.34. The Morgan fingerprint density at radius 2 is 2.05 bits per heavy atom. The van der Waals surface area contributed by atoms with Crippen LogP contribution in [0.15, 0.2) is 18.2 Å². The first-order valence-electron chi connectivity index (χ1n) is 5.62. The molecule has 0 bridgehead atoms. The molecule has 0 saturated carbocycles. The second-order valence-electron chi connectivity index (χ2n) is 4.51. The molecule has 0 saturated heterocycles. The Labute approximate surface area is 110 Å². The van der Waals surface area contributed by atoms with Gasteiger partial charge in [0.1, 0.15) is 5.75 Å². The van der Waals surface area contributed by atoms with Crippen molar-refractivity contribution in [1.82, 2.24) is 0 Å². The second kappa shape index (κ2) is 4.65. The maximum absolute atomic E-state index is 11.9. The second-order valence-corrected chi connectivity index (χ2v) is 6.65. The molecule has 1 aliphatic heterocycles. The number of carbonyl (C=O) groups excluding carboxylic acids is 1. The molecule has 1 aromatic rings. The van der Waals surface area contributed by atoms with Gasteiger partial charge >= 0.3 is 5.97 Å². The molecule has 0 unspecified atom stereocenters. The molecule has 2 rings (SSSR count). The summed E-state index contributed by atoms with van der Waals surface area (Å²) in [6.07, 6.45) is 1.60. The Morgan fingerprint density at radius 1 is 1.37 bits per heavy atom. The minimum atomic E-state index is -3.40. The van der Waals surface area contributed by atoms with Crippen LogP contribution in [0.25, 0.3) is 0 Å². The lowest BCUT2D eigenvalue weighted by molar-refractivity contribution is -0.116. The molecule has 1 heterocycles. The average Bonchev–Trinajstić information content (AvgIpc) is 2.68. The topological polar surface area (TPSA) is 91.8 Å². The van der Waals surface area contributed by atoms with Crippen LogP contribution in [0.2, 0.25) is 0 Å². The van der Waals surface area contributed by atoms with Crippen LogP contribution in [0.3, 0.4) is 0 Å². The van der Waals surface area contributed by atoms with E-state index in [0.29, 0.717) is 18.7 Å². The molecule has 0 aliphatic carbocycles. The molecule has 102 valence electrons. The first-order chi connectivity index (χ1) is 8.78. The molecule has 7 heteroatoms. The van der Waals surface area contributed by atoms with Crippen molar-refractivity contribution in [3.8, 4) is 0 Å². The van der Waals surface area contributed by atoms with Crippen molar-refractivity contribution in [3.63, 3.8) is 0 Å². The van der Waals surface area contributed by atoms with Crippen LogP contribution < -0.4 is 4.90 Å². The van der Waals surface area contributed by atoms with Gasteiger partial charge in [0, 0.05) is 18.5 Å². The van der Waals surface area contributed by atoms with Gasteiger partial charge in [0.2, 0.25) is 5.91 Å². The molecule has 0 atom stereocenters. The smallest absolute Gasteiger partial charge is 0.335 e. The first-order valence-corrected chi connectivity index (χ1v) is 7.68. The highest BCUT2D eigenvalue weighted by Crippen LogP contribution is 2.29. The zero-order chi connectivity index (χ0) is 14.2. The van der Waals surface area contributed by atoms with Crippen molar-refractivity contribution in [2.75, 3.05) is 23.5 Å². The third kappa shape index (κ3) is 2.93. The van der Waals surface area contributed by atoms with Gasteiger partial charge < -0.3 is 10.0 Å². The molecular weight excluding hydrogens is 270 g/mol. The summed E-state index contributed by atoms with van der Waals surface area (Å²) in [6.45, 7) is 0.382. The highest BCUT2D eigenvalue weighted by atomic mass is 32.2. The fraction of sp³-hybridized carbons (Fsp3) is 0.333. The Kier molecular flexibility index (Phi) is 3.32.